The standard InChI is InChI=1S/C13H9N5O/c1-19-11-4-2-3-9(5-14)13(11)18-12-8-16-10(6-15)7-17-12/h2-4,7-8H,1H3,(H,17,18). The molecule has 6 heteroatoms. The number of rotatable bonds is 3. The third-order valence-electron chi connectivity index (χ3n) is 2.39. The largest absolute Gasteiger partial charge is 0.495 e. The van der Waals surface area contributed by atoms with E-state index in [0.717, 1.165) is 0 Å². The second-order valence-corrected chi connectivity index (χ2v) is 3.52. The van der Waals surface area contributed by atoms with Crippen LogP contribution in [0.4, 0.5) is 11.5 Å². The van der Waals surface area contributed by atoms with Crippen molar-refractivity contribution in [1.29, 1.82) is 10.5 Å². The lowest BCUT2D eigenvalue weighted by molar-refractivity contribution is 0.416. The van der Waals surface area contributed by atoms with Gasteiger partial charge in [-0.2, -0.15) is 10.5 Å². The smallest absolute Gasteiger partial charge is 0.158 e. The number of nitrogens with zero attached hydrogens (tertiary/aromatic N) is 4. The summed E-state index contributed by atoms with van der Waals surface area (Å²) in [5.41, 5.74) is 1.18. The van der Waals surface area contributed by atoms with Crippen LogP contribution in [0.15, 0.2) is 30.6 Å². The monoisotopic (exact) mass is 251 g/mol. The van der Waals surface area contributed by atoms with Crippen LogP contribution in [-0.4, -0.2) is 17.1 Å². The highest BCUT2D eigenvalue weighted by Crippen LogP contribution is 2.29. The number of nitriles is 2. The van der Waals surface area contributed by atoms with Crippen LogP contribution in [-0.2, 0) is 0 Å². The van der Waals surface area contributed by atoms with Crippen molar-refractivity contribution in [2.75, 3.05) is 12.4 Å². The summed E-state index contributed by atoms with van der Waals surface area (Å²) >= 11 is 0. The maximum atomic E-state index is 9.07. The molecule has 1 heterocycles. The van der Waals surface area contributed by atoms with E-state index in [-0.39, 0.29) is 5.69 Å². The Kier molecular flexibility index (Phi) is 3.56. The average Bonchev–Trinajstić information content (AvgIpc) is 2.48. The number of hydrogen-bond acceptors (Lipinski definition) is 6. The Morgan fingerprint density at radius 1 is 1.16 bits per heavy atom. The minimum Gasteiger partial charge on any atom is -0.495 e. The average molecular weight is 251 g/mol. The molecular weight excluding hydrogens is 242 g/mol. The van der Waals surface area contributed by atoms with Gasteiger partial charge in [0.05, 0.1) is 25.1 Å². The van der Waals surface area contributed by atoms with Gasteiger partial charge in [0.2, 0.25) is 0 Å². The molecule has 0 bridgehead atoms. The number of methoxy groups -OCH3 is 1. The lowest BCUT2D eigenvalue weighted by Gasteiger charge is -2.11. The van der Waals surface area contributed by atoms with Crippen molar-refractivity contribution in [3.63, 3.8) is 0 Å². The number of benzene rings is 1. The predicted molar refractivity (Wildman–Crippen MR) is 67.7 cm³/mol. The van der Waals surface area contributed by atoms with E-state index in [4.69, 9.17) is 15.3 Å². The summed E-state index contributed by atoms with van der Waals surface area (Å²) in [6, 6.07) is 9.09. The lowest BCUT2D eigenvalue weighted by atomic mass is 10.2. The number of nitrogens with one attached hydrogen (secondary N) is 1. The molecular formula is C13H9N5O. The fourth-order valence-corrected chi connectivity index (χ4v) is 1.50. The highest BCUT2D eigenvalue weighted by molar-refractivity contribution is 5.71. The van der Waals surface area contributed by atoms with Gasteiger partial charge in [0, 0.05) is 0 Å². The predicted octanol–water partition coefficient (Wildman–Crippen LogP) is 1.97. The molecule has 2 aromatic rings. The highest BCUT2D eigenvalue weighted by atomic mass is 16.5. The van der Waals surface area contributed by atoms with Crippen LogP contribution in [0.3, 0.4) is 0 Å². The molecule has 1 N–H and O–H groups in total. The quantitative estimate of drug-likeness (QED) is 0.896. The molecule has 92 valence electrons. The molecule has 1 aromatic carbocycles. The van der Waals surface area contributed by atoms with E-state index in [2.05, 4.69) is 21.4 Å². The van der Waals surface area contributed by atoms with Crippen LogP contribution in [0.2, 0.25) is 0 Å². The highest BCUT2D eigenvalue weighted by Gasteiger charge is 2.09. The van der Waals surface area contributed by atoms with Crippen LogP contribution in [0, 0.1) is 22.7 Å². The Hall–Kier alpha value is -3.12. The van der Waals surface area contributed by atoms with Gasteiger partial charge in [0.15, 0.2) is 5.69 Å². The third-order valence-corrected chi connectivity index (χ3v) is 2.39. The van der Waals surface area contributed by atoms with E-state index >= 15 is 0 Å². The molecule has 6 nitrogen and oxygen atoms in total. The van der Waals surface area contributed by atoms with Crippen molar-refractivity contribution in [1.82, 2.24) is 9.97 Å². The molecule has 0 radical (unpaired) electrons. The molecule has 0 spiro atoms. The molecule has 0 amide bonds. The zero-order chi connectivity index (χ0) is 13.7. The van der Waals surface area contributed by atoms with Crippen LogP contribution >= 0.6 is 0 Å². The normalized spacial score (nSPS) is 9.21. The second-order valence-electron chi connectivity index (χ2n) is 3.52. The third kappa shape index (κ3) is 2.59. The number of ether oxygens (including phenoxy) is 1. The van der Waals surface area contributed by atoms with Crippen molar-refractivity contribution in [2.45, 2.75) is 0 Å². The number of para-hydroxylation sites is 1. The van der Waals surface area contributed by atoms with Gasteiger partial charge in [-0.3, -0.25) is 0 Å². The van der Waals surface area contributed by atoms with Crippen molar-refractivity contribution in [3.05, 3.63) is 41.9 Å². The maximum Gasteiger partial charge on any atom is 0.158 e. The van der Waals surface area contributed by atoms with Gasteiger partial charge in [0.25, 0.3) is 0 Å². The van der Waals surface area contributed by atoms with E-state index < -0.39 is 0 Å². The van der Waals surface area contributed by atoms with E-state index in [9.17, 15) is 0 Å². The van der Waals surface area contributed by atoms with Gasteiger partial charge in [-0.25, -0.2) is 9.97 Å². The van der Waals surface area contributed by atoms with Gasteiger partial charge in [-0.15, -0.1) is 0 Å². The number of aromatic nitrogens is 2. The van der Waals surface area contributed by atoms with E-state index in [1.54, 1.807) is 18.2 Å². The van der Waals surface area contributed by atoms with Gasteiger partial charge in [-0.1, -0.05) is 6.07 Å². The zero-order valence-corrected chi connectivity index (χ0v) is 10.1. The number of hydrogen-bond donors (Lipinski definition) is 1. The first-order valence-corrected chi connectivity index (χ1v) is 5.34. The van der Waals surface area contributed by atoms with Gasteiger partial charge in [-0.05, 0) is 12.1 Å². The summed E-state index contributed by atoms with van der Waals surface area (Å²) in [4.78, 5) is 7.93. The summed E-state index contributed by atoms with van der Waals surface area (Å²) in [5, 5.41) is 20.7. The molecule has 0 saturated heterocycles. The van der Waals surface area contributed by atoms with Crippen LogP contribution in [0.1, 0.15) is 11.3 Å². The molecule has 2 rings (SSSR count). The minimum atomic E-state index is 0.228. The van der Waals surface area contributed by atoms with Gasteiger partial charge in [0.1, 0.15) is 29.4 Å². The molecule has 0 aliphatic carbocycles. The lowest BCUT2D eigenvalue weighted by Crippen LogP contribution is -2.00. The fraction of sp³-hybridized carbons (Fsp3) is 0.0769. The molecule has 0 unspecified atom stereocenters. The summed E-state index contributed by atoms with van der Waals surface area (Å²) < 4.78 is 5.19. The molecule has 0 atom stereocenters. The molecule has 0 fully saturated rings. The van der Waals surface area contributed by atoms with Crippen molar-refractivity contribution in [3.8, 4) is 17.9 Å². The zero-order valence-electron chi connectivity index (χ0n) is 10.1. The van der Waals surface area contributed by atoms with E-state index in [1.165, 1.54) is 19.5 Å². The van der Waals surface area contributed by atoms with Crippen LogP contribution < -0.4 is 10.1 Å². The number of anilines is 2. The first-order valence-electron chi connectivity index (χ1n) is 5.34. The maximum absolute atomic E-state index is 9.07. The molecule has 1 aromatic heterocycles. The Bertz CT molecular complexity index is 667. The molecule has 19 heavy (non-hydrogen) atoms. The van der Waals surface area contributed by atoms with Gasteiger partial charge < -0.3 is 10.1 Å². The summed E-state index contributed by atoms with van der Waals surface area (Å²) in [6.45, 7) is 0. The van der Waals surface area contributed by atoms with Crippen LogP contribution in [0.5, 0.6) is 5.75 Å². The first-order chi connectivity index (χ1) is 9.28. The van der Waals surface area contributed by atoms with Crippen molar-refractivity contribution in [2.24, 2.45) is 0 Å². The Morgan fingerprint density at radius 2 is 2.00 bits per heavy atom. The fourth-order valence-electron chi connectivity index (χ4n) is 1.50. The van der Waals surface area contributed by atoms with E-state index in [0.29, 0.717) is 22.8 Å². The summed E-state index contributed by atoms with van der Waals surface area (Å²) in [7, 11) is 1.52. The summed E-state index contributed by atoms with van der Waals surface area (Å²) in [5.74, 6) is 0.963. The second kappa shape index (κ2) is 5.48. The van der Waals surface area contributed by atoms with Gasteiger partial charge >= 0.3 is 0 Å². The topological polar surface area (TPSA) is 94.6 Å². The van der Waals surface area contributed by atoms with Crippen LogP contribution in [0.25, 0.3) is 0 Å². The Balaban J connectivity index is 2.37. The molecule has 0 aliphatic heterocycles. The SMILES string of the molecule is COc1cccc(C#N)c1Nc1cnc(C#N)cn1. The summed E-state index contributed by atoms with van der Waals surface area (Å²) in [6.07, 6.45) is 2.77. The molecule has 0 aliphatic rings. The first kappa shape index (κ1) is 12.3. The molecule has 0 saturated carbocycles. The minimum absolute atomic E-state index is 0.228. The Morgan fingerprint density at radius 3 is 2.58 bits per heavy atom. The Labute approximate surface area is 109 Å². The van der Waals surface area contributed by atoms with Crippen molar-refractivity contribution < 1.29 is 4.74 Å². The van der Waals surface area contributed by atoms with Crippen molar-refractivity contribution >= 4 is 11.5 Å². The van der Waals surface area contributed by atoms with E-state index in [1.807, 2.05) is 6.07 Å².